The Morgan fingerprint density at radius 2 is 2.05 bits per heavy atom. The van der Waals surface area contributed by atoms with E-state index in [9.17, 15) is 9.18 Å². The fourth-order valence-electron chi connectivity index (χ4n) is 4.95. The van der Waals surface area contributed by atoms with Gasteiger partial charge in [0, 0.05) is 29.0 Å². The zero-order valence-electron chi connectivity index (χ0n) is 21.8. The number of nitrogens with one attached hydrogen (secondary N) is 1. The van der Waals surface area contributed by atoms with Crippen LogP contribution in [0.2, 0.25) is 5.02 Å². The third kappa shape index (κ3) is 5.14. The van der Waals surface area contributed by atoms with E-state index in [2.05, 4.69) is 26.1 Å². The van der Waals surface area contributed by atoms with Crippen molar-refractivity contribution >= 4 is 35.1 Å². The van der Waals surface area contributed by atoms with Gasteiger partial charge in [0.15, 0.2) is 17.3 Å². The summed E-state index contributed by atoms with van der Waals surface area (Å²) in [6.07, 6.45) is 2.19. The van der Waals surface area contributed by atoms with Crippen molar-refractivity contribution in [2.75, 3.05) is 18.2 Å². The van der Waals surface area contributed by atoms with E-state index in [4.69, 9.17) is 31.2 Å². The molecule has 1 aromatic heterocycles. The maximum atomic E-state index is 14.3. The van der Waals surface area contributed by atoms with E-state index in [0.29, 0.717) is 39.6 Å². The molecule has 1 aliphatic carbocycles. The van der Waals surface area contributed by atoms with Gasteiger partial charge in [-0.2, -0.15) is 4.98 Å². The Kier molecular flexibility index (Phi) is 7.42. The number of benzene rings is 2. The Labute approximate surface area is 230 Å². The number of allylic oxidation sites excluding steroid dienone is 2. The third-order valence-electron chi connectivity index (χ3n) is 6.68. The van der Waals surface area contributed by atoms with Crippen LogP contribution >= 0.6 is 23.4 Å². The minimum atomic E-state index is -0.461. The summed E-state index contributed by atoms with van der Waals surface area (Å²) in [5, 5.41) is 9.14. The summed E-state index contributed by atoms with van der Waals surface area (Å²) in [5.74, 6) is 2.07. The maximum absolute atomic E-state index is 14.3. The van der Waals surface area contributed by atoms with Crippen molar-refractivity contribution in [3.8, 4) is 11.5 Å². The molecule has 10 heteroatoms. The number of thioether (sulfide) groups is 1. The topological polar surface area (TPSA) is 78.3 Å². The van der Waals surface area contributed by atoms with Gasteiger partial charge in [-0.05, 0) is 48.1 Å². The Morgan fingerprint density at radius 1 is 1.24 bits per heavy atom. The summed E-state index contributed by atoms with van der Waals surface area (Å²) in [6.45, 7) is 6.26. The highest BCUT2D eigenvalue weighted by molar-refractivity contribution is 7.99. The van der Waals surface area contributed by atoms with Crippen LogP contribution in [0.1, 0.15) is 57.2 Å². The molecule has 1 atom stereocenters. The number of ketones is 1. The number of methoxy groups -OCH3 is 1. The number of ether oxygens (including phenoxy) is 2. The average Bonchev–Trinajstić information content (AvgIpc) is 3.27. The molecular formula is C28H30ClFN4O3S. The van der Waals surface area contributed by atoms with Gasteiger partial charge in [0.25, 0.3) is 0 Å². The lowest BCUT2D eigenvalue weighted by atomic mass is 9.73. The summed E-state index contributed by atoms with van der Waals surface area (Å²) in [7, 11) is 1.55. The van der Waals surface area contributed by atoms with E-state index >= 15 is 0 Å². The number of hydrogen-bond donors (Lipinski definition) is 1. The molecule has 2 heterocycles. The maximum Gasteiger partial charge on any atom is 0.227 e. The van der Waals surface area contributed by atoms with Crippen molar-refractivity contribution in [2.24, 2.45) is 5.41 Å². The molecule has 2 aliphatic rings. The summed E-state index contributed by atoms with van der Waals surface area (Å²) in [4.78, 5) is 18.2. The van der Waals surface area contributed by atoms with E-state index < -0.39 is 11.9 Å². The summed E-state index contributed by atoms with van der Waals surface area (Å²) in [6, 6.07) is 9.56. The first-order valence-corrected chi connectivity index (χ1v) is 13.9. The summed E-state index contributed by atoms with van der Waals surface area (Å²) < 4.78 is 27.6. The van der Waals surface area contributed by atoms with Gasteiger partial charge in [0.1, 0.15) is 18.5 Å². The van der Waals surface area contributed by atoms with E-state index in [0.717, 1.165) is 29.9 Å². The second kappa shape index (κ2) is 10.6. The van der Waals surface area contributed by atoms with Crippen molar-refractivity contribution < 1.29 is 18.7 Å². The van der Waals surface area contributed by atoms with Crippen LogP contribution in [0, 0.1) is 11.2 Å². The first-order chi connectivity index (χ1) is 18.2. The van der Waals surface area contributed by atoms with Gasteiger partial charge in [-0.15, -0.1) is 5.10 Å². The molecule has 0 saturated heterocycles. The number of fused-ring (bicyclic) bond motifs is 1. The number of carbonyl (C=O) groups excluding carboxylic acids is 1. The highest BCUT2D eigenvalue weighted by atomic mass is 35.5. The number of carbonyl (C=O) groups is 1. The molecule has 0 saturated carbocycles. The number of nitrogens with zero attached hydrogens (tertiary/aromatic N) is 3. The minimum Gasteiger partial charge on any atom is -0.493 e. The van der Waals surface area contributed by atoms with E-state index in [1.807, 2.05) is 12.1 Å². The van der Waals surface area contributed by atoms with Crippen molar-refractivity contribution in [3.63, 3.8) is 0 Å². The molecule has 0 radical (unpaired) electrons. The third-order valence-corrected chi connectivity index (χ3v) is 8.08. The van der Waals surface area contributed by atoms with Gasteiger partial charge >= 0.3 is 0 Å². The minimum absolute atomic E-state index is 0.0529. The van der Waals surface area contributed by atoms with Crippen LogP contribution in [0.5, 0.6) is 11.5 Å². The lowest BCUT2D eigenvalue weighted by Crippen LogP contribution is -2.36. The number of halogens is 2. The average molecular weight is 557 g/mol. The van der Waals surface area contributed by atoms with Crippen LogP contribution < -0.4 is 14.8 Å². The second-order valence-corrected chi connectivity index (χ2v) is 11.7. The molecule has 7 nitrogen and oxygen atoms in total. The number of aromatic nitrogens is 3. The fourth-order valence-corrected chi connectivity index (χ4v) is 5.85. The smallest absolute Gasteiger partial charge is 0.227 e. The van der Waals surface area contributed by atoms with Crippen molar-refractivity contribution in [1.29, 1.82) is 0 Å². The molecule has 3 aromatic rings. The van der Waals surface area contributed by atoms with E-state index in [-0.39, 0.29) is 23.4 Å². The van der Waals surface area contributed by atoms with Gasteiger partial charge in [0.05, 0.1) is 12.1 Å². The van der Waals surface area contributed by atoms with Crippen LogP contribution in [0.15, 0.2) is 52.8 Å². The lowest BCUT2D eigenvalue weighted by molar-refractivity contribution is -0.118. The fraction of sp³-hybridized carbons (Fsp3) is 0.393. The predicted octanol–water partition coefficient (Wildman–Crippen LogP) is 6.82. The van der Waals surface area contributed by atoms with Crippen molar-refractivity contribution in [3.05, 3.63) is 69.6 Å². The van der Waals surface area contributed by atoms with Crippen LogP contribution in [0.4, 0.5) is 10.3 Å². The Morgan fingerprint density at radius 3 is 2.79 bits per heavy atom. The molecule has 0 amide bonds. The Hall–Kier alpha value is -3.04. The highest BCUT2D eigenvalue weighted by Crippen LogP contribution is 2.46. The normalized spacial score (nSPS) is 18.1. The Balaban J connectivity index is 1.53. The van der Waals surface area contributed by atoms with Gasteiger partial charge in [-0.1, -0.05) is 56.3 Å². The van der Waals surface area contributed by atoms with E-state index in [1.165, 1.54) is 6.07 Å². The second-order valence-electron chi connectivity index (χ2n) is 10.3. The van der Waals surface area contributed by atoms with Gasteiger partial charge in [0.2, 0.25) is 11.1 Å². The van der Waals surface area contributed by atoms with Crippen LogP contribution in [0.3, 0.4) is 0 Å². The molecule has 0 bridgehead atoms. The first kappa shape index (κ1) is 26.6. The predicted molar refractivity (Wildman–Crippen MR) is 147 cm³/mol. The molecule has 1 unspecified atom stereocenters. The Bertz CT molecular complexity index is 1400. The quantitative estimate of drug-likeness (QED) is 0.305. The highest BCUT2D eigenvalue weighted by Gasteiger charge is 2.42. The van der Waals surface area contributed by atoms with Crippen LogP contribution in [-0.2, 0) is 11.4 Å². The van der Waals surface area contributed by atoms with Crippen LogP contribution in [-0.4, -0.2) is 33.4 Å². The molecule has 1 N–H and O–H groups in total. The lowest BCUT2D eigenvalue weighted by Gasteiger charge is -2.38. The van der Waals surface area contributed by atoms with Crippen molar-refractivity contribution in [1.82, 2.24) is 14.8 Å². The first-order valence-electron chi connectivity index (χ1n) is 12.6. The van der Waals surface area contributed by atoms with Crippen molar-refractivity contribution in [2.45, 2.75) is 57.8 Å². The largest absolute Gasteiger partial charge is 0.493 e. The summed E-state index contributed by atoms with van der Waals surface area (Å²) in [5.41, 5.74) is 2.52. The zero-order valence-corrected chi connectivity index (χ0v) is 23.4. The van der Waals surface area contributed by atoms with Crippen LogP contribution in [0.25, 0.3) is 0 Å². The molecule has 38 heavy (non-hydrogen) atoms. The molecule has 200 valence electrons. The van der Waals surface area contributed by atoms with Gasteiger partial charge < -0.3 is 14.8 Å². The molecule has 0 fully saturated rings. The molecule has 1 aliphatic heterocycles. The standard InChI is InChI=1S/C28H30ClFN4O3S/c1-5-11-38-27-32-26-31-20-13-28(2,3)14-21(35)24(20)25(34(26)33-27)16-9-10-22(23(12-16)36-4)37-15-17-18(29)7-6-8-19(17)30/h6-10,12,25H,5,11,13-15H2,1-4H3,(H,31,32,33). The van der Waals surface area contributed by atoms with E-state index in [1.54, 1.807) is 41.8 Å². The van der Waals surface area contributed by atoms with Gasteiger partial charge in [-0.25, -0.2) is 9.07 Å². The molecular weight excluding hydrogens is 527 g/mol. The number of rotatable bonds is 8. The molecule has 2 aromatic carbocycles. The molecule has 0 spiro atoms. The number of anilines is 1. The zero-order chi connectivity index (χ0) is 27.0. The molecule has 5 rings (SSSR count). The summed E-state index contributed by atoms with van der Waals surface area (Å²) >= 11 is 7.75. The number of Topliss-reactive ketones (excluding diaryl/α,β-unsaturated/α-hetero) is 1. The van der Waals surface area contributed by atoms with Gasteiger partial charge in [-0.3, -0.25) is 4.79 Å². The monoisotopic (exact) mass is 556 g/mol. The SMILES string of the molecule is CCCSc1nc2n(n1)C(c1ccc(OCc3c(F)cccc3Cl)c(OC)c1)C1=C(CC(C)(C)CC1=O)N2. The number of hydrogen-bond acceptors (Lipinski definition) is 7.